The molecule has 0 aromatic heterocycles. The molecular formula is C14H14O3. The third-order valence-corrected chi connectivity index (χ3v) is 2.58. The molecule has 3 nitrogen and oxygen atoms in total. The molecule has 0 spiro atoms. The number of fused-ring (bicyclic) bond motifs is 1. The molecule has 0 atom stereocenters. The minimum Gasteiger partial charge on any atom is -0.497 e. The number of hydrogen-bond donors (Lipinski definition) is 0. The van der Waals surface area contributed by atoms with Crippen LogP contribution in [-0.2, 0) is 4.74 Å². The van der Waals surface area contributed by atoms with Crippen LogP contribution < -0.4 is 4.74 Å². The van der Waals surface area contributed by atoms with Crippen LogP contribution in [0.3, 0.4) is 0 Å². The van der Waals surface area contributed by atoms with E-state index >= 15 is 0 Å². The summed E-state index contributed by atoms with van der Waals surface area (Å²) in [5, 5.41) is 1.85. The van der Waals surface area contributed by atoms with E-state index in [0.29, 0.717) is 12.2 Å². The fraction of sp³-hybridized carbons (Fsp3) is 0.214. The van der Waals surface area contributed by atoms with Crippen molar-refractivity contribution in [2.75, 3.05) is 13.7 Å². The fourth-order valence-electron chi connectivity index (χ4n) is 1.78. The average molecular weight is 230 g/mol. The SMILES string of the molecule is CCOC(=O)c1cccc2cc(OC)ccc12. The van der Waals surface area contributed by atoms with Gasteiger partial charge in [0.15, 0.2) is 0 Å². The van der Waals surface area contributed by atoms with Crippen molar-refractivity contribution in [2.24, 2.45) is 0 Å². The first-order valence-electron chi connectivity index (χ1n) is 5.50. The predicted octanol–water partition coefficient (Wildman–Crippen LogP) is 3.03. The highest BCUT2D eigenvalue weighted by atomic mass is 16.5. The summed E-state index contributed by atoms with van der Waals surface area (Å²) in [4.78, 5) is 11.8. The second-order valence-corrected chi connectivity index (χ2v) is 3.61. The first-order valence-corrected chi connectivity index (χ1v) is 5.50. The molecule has 0 fully saturated rings. The normalized spacial score (nSPS) is 10.2. The van der Waals surface area contributed by atoms with Gasteiger partial charge in [-0.3, -0.25) is 0 Å². The lowest BCUT2D eigenvalue weighted by Crippen LogP contribution is -2.05. The molecule has 0 saturated heterocycles. The van der Waals surface area contributed by atoms with Crippen LogP contribution in [0.4, 0.5) is 0 Å². The Morgan fingerprint density at radius 3 is 2.76 bits per heavy atom. The Hall–Kier alpha value is -2.03. The standard InChI is InChI=1S/C14H14O3/c1-3-17-14(15)13-6-4-5-10-9-11(16-2)7-8-12(10)13/h4-9H,3H2,1-2H3. The first kappa shape index (κ1) is 11.5. The zero-order valence-corrected chi connectivity index (χ0v) is 9.90. The van der Waals surface area contributed by atoms with E-state index < -0.39 is 0 Å². The highest BCUT2D eigenvalue weighted by Crippen LogP contribution is 2.24. The predicted molar refractivity (Wildman–Crippen MR) is 66.5 cm³/mol. The van der Waals surface area contributed by atoms with Gasteiger partial charge in [0.1, 0.15) is 5.75 Å². The molecule has 0 saturated carbocycles. The zero-order chi connectivity index (χ0) is 12.3. The summed E-state index contributed by atoms with van der Waals surface area (Å²) in [6.45, 7) is 2.18. The number of carbonyl (C=O) groups is 1. The van der Waals surface area contributed by atoms with E-state index in [1.165, 1.54) is 0 Å². The molecule has 0 aliphatic heterocycles. The van der Waals surface area contributed by atoms with E-state index in [1.807, 2.05) is 30.3 Å². The second kappa shape index (κ2) is 4.87. The van der Waals surface area contributed by atoms with Crippen LogP contribution in [-0.4, -0.2) is 19.7 Å². The lowest BCUT2D eigenvalue weighted by Gasteiger charge is -2.07. The largest absolute Gasteiger partial charge is 0.497 e. The Balaban J connectivity index is 2.54. The Labute approximate surface area is 100.0 Å². The molecule has 3 heteroatoms. The molecule has 0 radical (unpaired) electrons. The molecule has 88 valence electrons. The van der Waals surface area contributed by atoms with E-state index in [9.17, 15) is 4.79 Å². The van der Waals surface area contributed by atoms with Crippen molar-refractivity contribution in [3.63, 3.8) is 0 Å². The minimum absolute atomic E-state index is 0.289. The van der Waals surface area contributed by atoms with Crippen molar-refractivity contribution in [1.82, 2.24) is 0 Å². The summed E-state index contributed by atoms with van der Waals surface area (Å²) in [7, 11) is 1.62. The van der Waals surface area contributed by atoms with Gasteiger partial charge in [-0.05, 0) is 42.0 Å². The third kappa shape index (κ3) is 2.23. The fourth-order valence-corrected chi connectivity index (χ4v) is 1.78. The molecule has 0 bridgehead atoms. The molecule has 0 N–H and O–H groups in total. The molecular weight excluding hydrogens is 216 g/mol. The topological polar surface area (TPSA) is 35.5 Å². The lowest BCUT2D eigenvalue weighted by atomic mass is 10.0. The lowest BCUT2D eigenvalue weighted by molar-refractivity contribution is 0.0528. The van der Waals surface area contributed by atoms with Crippen LogP contribution >= 0.6 is 0 Å². The van der Waals surface area contributed by atoms with Gasteiger partial charge in [-0.15, -0.1) is 0 Å². The van der Waals surface area contributed by atoms with Gasteiger partial charge in [-0.2, -0.15) is 0 Å². The second-order valence-electron chi connectivity index (χ2n) is 3.61. The van der Waals surface area contributed by atoms with Crippen molar-refractivity contribution >= 4 is 16.7 Å². The average Bonchev–Trinajstić information content (AvgIpc) is 2.37. The van der Waals surface area contributed by atoms with Crippen molar-refractivity contribution in [3.8, 4) is 5.75 Å². The van der Waals surface area contributed by atoms with Gasteiger partial charge in [-0.1, -0.05) is 12.1 Å². The van der Waals surface area contributed by atoms with Crippen LogP contribution in [0, 0.1) is 0 Å². The number of carbonyl (C=O) groups excluding carboxylic acids is 1. The van der Waals surface area contributed by atoms with E-state index in [0.717, 1.165) is 16.5 Å². The zero-order valence-electron chi connectivity index (χ0n) is 9.90. The number of benzene rings is 2. The van der Waals surface area contributed by atoms with E-state index in [-0.39, 0.29) is 5.97 Å². The summed E-state index contributed by atoms with van der Waals surface area (Å²) < 4.78 is 10.2. The maximum Gasteiger partial charge on any atom is 0.338 e. The number of ether oxygens (including phenoxy) is 2. The van der Waals surface area contributed by atoms with Crippen LogP contribution in [0.2, 0.25) is 0 Å². The van der Waals surface area contributed by atoms with Crippen molar-refractivity contribution in [3.05, 3.63) is 42.0 Å². The molecule has 2 rings (SSSR count). The van der Waals surface area contributed by atoms with Gasteiger partial charge >= 0.3 is 5.97 Å². The minimum atomic E-state index is -0.289. The Bertz CT molecular complexity index is 546. The van der Waals surface area contributed by atoms with E-state index in [1.54, 1.807) is 20.1 Å². The van der Waals surface area contributed by atoms with Crippen LogP contribution in [0.25, 0.3) is 10.8 Å². The number of hydrogen-bond acceptors (Lipinski definition) is 3. The highest BCUT2D eigenvalue weighted by Gasteiger charge is 2.10. The van der Waals surface area contributed by atoms with Crippen molar-refractivity contribution < 1.29 is 14.3 Å². The molecule has 0 unspecified atom stereocenters. The van der Waals surface area contributed by atoms with Crippen LogP contribution in [0.15, 0.2) is 36.4 Å². The Morgan fingerprint density at radius 2 is 2.06 bits per heavy atom. The summed E-state index contributed by atoms with van der Waals surface area (Å²) in [6, 6.07) is 11.2. The van der Waals surface area contributed by atoms with Gasteiger partial charge in [0.2, 0.25) is 0 Å². The van der Waals surface area contributed by atoms with E-state index in [2.05, 4.69) is 0 Å². The van der Waals surface area contributed by atoms with Crippen molar-refractivity contribution in [2.45, 2.75) is 6.92 Å². The monoisotopic (exact) mass is 230 g/mol. The number of methoxy groups -OCH3 is 1. The molecule has 0 amide bonds. The van der Waals surface area contributed by atoms with Gasteiger partial charge in [0.25, 0.3) is 0 Å². The molecule has 2 aromatic rings. The number of esters is 1. The van der Waals surface area contributed by atoms with E-state index in [4.69, 9.17) is 9.47 Å². The maximum absolute atomic E-state index is 11.8. The summed E-state index contributed by atoms with van der Waals surface area (Å²) >= 11 is 0. The molecule has 17 heavy (non-hydrogen) atoms. The Morgan fingerprint density at radius 1 is 1.24 bits per heavy atom. The number of rotatable bonds is 3. The molecule has 0 aliphatic rings. The summed E-state index contributed by atoms with van der Waals surface area (Å²) in [5.41, 5.74) is 0.590. The third-order valence-electron chi connectivity index (χ3n) is 2.58. The van der Waals surface area contributed by atoms with Gasteiger partial charge in [0, 0.05) is 0 Å². The maximum atomic E-state index is 11.8. The van der Waals surface area contributed by atoms with Crippen molar-refractivity contribution in [1.29, 1.82) is 0 Å². The van der Waals surface area contributed by atoms with Gasteiger partial charge in [0.05, 0.1) is 19.3 Å². The van der Waals surface area contributed by atoms with Crippen LogP contribution in [0.5, 0.6) is 5.75 Å². The Kier molecular flexibility index (Phi) is 3.28. The smallest absolute Gasteiger partial charge is 0.338 e. The summed E-state index contributed by atoms with van der Waals surface area (Å²) in [6.07, 6.45) is 0. The summed E-state index contributed by atoms with van der Waals surface area (Å²) in [5.74, 6) is 0.488. The highest BCUT2D eigenvalue weighted by molar-refractivity contribution is 6.04. The van der Waals surface area contributed by atoms with Crippen LogP contribution in [0.1, 0.15) is 17.3 Å². The van der Waals surface area contributed by atoms with Gasteiger partial charge in [-0.25, -0.2) is 4.79 Å². The quantitative estimate of drug-likeness (QED) is 0.760. The molecule has 2 aromatic carbocycles. The molecule has 0 heterocycles. The molecule has 0 aliphatic carbocycles. The van der Waals surface area contributed by atoms with Gasteiger partial charge < -0.3 is 9.47 Å². The first-order chi connectivity index (χ1) is 8.26.